The van der Waals surface area contributed by atoms with Crippen LogP contribution in [0.1, 0.15) is 11.3 Å². The van der Waals surface area contributed by atoms with E-state index in [4.69, 9.17) is 9.15 Å². The van der Waals surface area contributed by atoms with Crippen molar-refractivity contribution in [1.29, 1.82) is 0 Å². The number of thioether (sulfide) groups is 1. The van der Waals surface area contributed by atoms with Gasteiger partial charge in [-0.05, 0) is 17.7 Å². The highest BCUT2D eigenvalue weighted by atomic mass is 32.2. The Hall–Kier alpha value is -3.69. The van der Waals surface area contributed by atoms with Gasteiger partial charge in [0.1, 0.15) is 11.6 Å². The number of carbonyl (C=O) groups is 1. The van der Waals surface area contributed by atoms with Crippen molar-refractivity contribution in [2.24, 2.45) is 0 Å². The van der Waals surface area contributed by atoms with Gasteiger partial charge in [-0.25, -0.2) is 4.98 Å². The lowest BCUT2D eigenvalue weighted by atomic mass is 10.2. The zero-order chi connectivity index (χ0) is 23.2. The van der Waals surface area contributed by atoms with Crippen LogP contribution < -0.4 is 0 Å². The van der Waals surface area contributed by atoms with E-state index in [-0.39, 0.29) is 18.3 Å². The molecule has 0 aliphatic heterocycles. The first-order valence-corrected chi connectivity index (χ1v) is 12.4. The lowest BCUT2D eigenvalue weighted by Gasteiger charge is -2.09. The molecule has 0 atom stereocenters. The van der Waals surface area contributed by atoms with Crippen molar-refractivity contribution in [3.8, 4) is 22.2 Å². The molecule has 0 N–H and O–H groups in total. The molecule has 5 aromatic rings. The average molecular weight is 489 g/mol. The maximum Gasteiger partial charge on any atom is 0.316 e. The van der Waals surface area contributed by atoms with Crippen molar-refractivity contribution in [3.63, 3.8) is 0 Å². The molecule has 0 amide bonds. The summed E-state index contributed by atoms with van der Waals surface area (Å²) in [6.07, 6.45) is 1.60. The Morgan fingerprint density at radius 1 is 1.00 bits per heavy atom. The fraction of sp³-hybridized carbons (Fsp3) is 0.120. The van der Waals surface area contributed by atoms with Crippen LogP contribution in [-0.4, -0.2) is 31.5 Å². The first-order valence-electron chi connectivity index (χ1n) is 10.6. The van der Waals surface area contributed by atoms with Crippen LogP contribution in [-0.2, 0) is 22.7 Å². The summed E-state index contributed by atoms with van der Waals surface area (Å²) in [6.45, 7) is 0.694. The average Bonchev–Trinajstić information content (AvgIpc) is 3.64. The van der Waals surface area contributed by atoms with Crippen LogP contribution in [0, 0.1) is 0 Å². The van der Waals surface area contributed by atoms with Gasteiger partial charge in [-0.3, -0.25) is 9.36 Å². The van der Waals surface area contributed by atoms with E-state index in [1.165, 1.54) is 23.1 Å². The molecule has 5 rings (SSSR count). The monoisotopic (exact) mass is 488 g/mol. The fourth-order valence-corrected chi connectivity index (χ4v) is 4.84. The van der Waals surface area contributed by atoms with E-state index < -0.39 is 0 Å². The second-order valence-corrected chi connectivity index (χ2v) is 9.12. The topological polar surface area (TPSA) is 83.0 Å². The SMILES string of the molecule is O=C(CSc1nnc(-c2ccco2)n1Cc1ccccc1)OCc1csc(-c2ccccc2)n1. The molecule has 0 saturated heterocycles. The number of carbonyl (C=O) groups excluding carboxylic acids is 1. The zero-order valence-electron chi connectivity index (χ0n) is 18.0. The van der Waals surface area contributed by atoms with Crippen LogP contribution in [0.2, 0.25) is 0 Å². The minimum atomic E-state index is -0.340. The Balaban J connectivity index is 1.22. The quantitative estimate of drug-likeness (QED) is 0.199. The smallest absolute Gasteiger partial charge is 0.316 e. The second-order valence-electron chi connectivity index (χ2n) is 7.31. The summed E-state index contributed by atoms with van der Waals surface area (Å²) in [7, 11) is 0. The maximum atomic E-state index is 12.4. The van der Waals surface area contributed by atoms with E-state index in [1.54, 1.807) is 6.26 Å². The Morgan fingerprint density at radius 3 is 2.56 bits per heavy atom. The highest BCUT2D eigenvalue weighted by Crippen LogP contribution is 2.26. The predicted octanol–water partition coefficient (Wildman–Crippen LogP) is 5.55. The van der Waals surface area contributed by atoms with Crippen molar-refractivity contribution >= 4 is 29.1 Å². The molecule has 0 fully saturated rings. The molecule has 3 heterocycles. The third-order valence-electron chi connectivity index (χ3n) is 4.91. The van der Waals surface area contributed by atoms with Crippen LogP contribution in [0.3, 0.4) is 0 Å². The summed E-state index contributed by atoms with van der Waals surface area (Å²) in [4.78, 5) is 17.0. The number of benzene rings is 2. The largest absolute Gasteiger partial charge is 0.461 e. The minimum Gasteiger partial charge on any atom is -0.461 e. The summed E-state index contributed by atoms with van der Waals surface area (Å²) in [6, 6.07) is 23.6. The third kappa shape index (κ3) is 5.27. The van der Waals surface area contributed by atoms with Gasteiger partial charge in [0.25, 0.3) is 0 Å². The summed E-state index contributed by atoms with van der Waals surface area (Å²) in [5.41, 5.74) is 2.87. The molecule has 3 aromatic heterocycles. The molecule has 0 radical (unpaired) electrons. The highest BCUT2D eigenvalue weighted by Gasteiger charge is 2.18. The maximum absolute atomic E-state index is 12.4. The van der Waals surface area contributed by atoms with E-state index in [0.717, 1.165) is 21.8 Å². The number of aromatic nitrogens is 4. The molecule has 0 aliphatic rings. The molecule has 7 nitrogen and oxygen atoms in total. The fourth-order valence-electron chi connectivity index (χ4n) is 3.30. The summed E-state index contributed by atoms with van der Waals surface area (Å²) in [5, 5.41) is 12.0. The van der Waals surface area contributed by atoms with Crippen LogP contribution in [0.4, 0.5) is 0 Å². The number of hydrogen-bond acceptors (Lipinski definition) is 8. The minimum absolute atomic E-state index is 0.112. The molecule has 0 bridgehead atoms. The Kier molecular flexibility index (Phi) is 6.83. The third-order valence-corrected chi connectivity index (χ3v) is 6.80. The molecule has 34 heavy (non-hydrogen) atoms. The summed E-state index contributed by atoms with van der Waals surface area (Å²) < 4.78 is 12.9. The number of esters is 1. The van der Waals surface area contributed by atoms with Crippen molar-refractivity contribution in [2.75, 3.05) is 5.75 Å². The lowest BCUT2D eigenvalue weighted by Crippen LogP contribution is -2.09. The van der Waals surface area contributed by atoms with E-state index >= 15 is 0 Å². The summed E-state index contributed by atoms with van der Waals surface area (Å²) >= 11 is 2.82. The number of furan rings is 1. The number of thiazole rings is 1. The van der Waals surface area contributed by atoms with Gasteiger partial charge in [0, 0.05) is 10.9 Å². The van der Waals surface area contributed by atoms with Gasteiger partial charge >= 0.3 is 5.97 Å². The van der Waals surface area contributed by atoms with Crippen molar-refractivity contribution < 1.29 is 13.9 Å². The molecule has 2 aromatic carbocycles. The second kappa shape index (κ2) is 10.5. The van der Waals surface area contributed by atoms with Gasteiger partial charge in [0.2, 0.25) is 5.82 Å². The molecule has 9 heteroatoms. The van der Waals surface area contributed by atoms with Gasteiger partial charge in [0.05, 0.1) is 24.3 Å². The molecular weight excluding hydrogens is 468 g/mol. The molecular formula is C25H20N4O3S2. The van der Waals surface area contributed by atoms with Gasteiger partial charge in [-0.1, -0.05) is 72.4 Å². The van der Waals surface area contributed by atoms with Crippen molar-refractivity contribution in [3.05, 3.63) is 95.7 Å². The van der Waals surface area contributed by atoms with E-state index in [1.807, 2.05) is 82.7 Å². The van der Waals surface area contributed by atoms with Gasteiger partial charge in [-0.15, -0.1) is 21.5 Å². The molecule has 0 spiro atoms. The van der Waals surface area contributed by atoms with Crippen LogP contribution in [0.25, 0.3) is 22.2 Å². The van der Waals surface area contributed by atoms with E-state index in [2.05, 4.69) is 15.2 Å². The Bertz CT molecular complexity index is 1350. The molecule has 0 unspecified atom stereocenters. The lowest BCUT2D eigenvalue weighted by molar-refractivity contribution is -0.141. The predicted molar refractivity (Wildman–Crippen MR) is 131 cm³/mol. The standard InChI is InChI=1S/C25H20N4O3S2/c30-22(32-15-20-16-33-24(26-20)19-10-5-2-6-11-19)17-34-25-28-27-23(21-12-7-13-31-21)29(25)14-18-8-3-1-4-9-18/h1-13,16H,14-15,17H2. The molecule has 0 saturated carbocycles. The first kappa shape index (κ1) is 22.1. The van der Waals surface area contributed by atoms with Gasteiger partial charge in [-0.2, -0.15) is 0 Å². The summed E-state index contributed by atoms with van der Waals surface area (Å²) in [5.74, 6) is 1.00. The highest BCUT2D eigenvalue weighted by molar-refractivity contribution is 7.99. The number of nitrogens with zero attached hydrogens (tertiary/aromatic N) is 4. The zero-order valence-corrected chi connectivity index (χ0v) is 19.7. The van der Waals surface area contributed by atoms with Gasteiger partial charge in [0.15, 0.2) is 10.9 Å². The molecule has 170 valence electrons. The number of rotatable bonds is 9. The van der Waals surface area contributed by atoms with Crippen molar-refractivity contribution in [1.82, 2.24) is 19.7 Å². The number of hydrogen-bond donors (Lipinski definition) is 0. The number of ether oxygens (including phenoxy) is 1. The Labute approximate surface area is 204 Å². The van der Waals surface area contributed by atoms with Gasteiger partial charge < -0.3 is 9.15 Å². The normalized spacial score (nSPS) is 10.9. The van der Waals surface area contributed by atoms with Crippen molar-refractivity contribution in [2.45, 2.75) is 18.3 Å². The Morgan fingerprint density at radius 2 is 1.79 bits per heavy atom. The van der Waals surface area contributed by atoms with Crippen LogP contribution in [0.15, 0.2) is 94.0 Å². The van der Waals surface area contributed by atoms with E-state index in [9.17, 15) is 4.79 Å². The van der Waals surface area contributed by atoms with Crippen LogP contribution >= 0.6 is 23.1 Å². The van der Waals surface area contributed by atoms with Crippen LogP contribution in [0.5, 0.6) is 0 Å². The first-order chi connectivity index (χ1) is 16.8. The molecule has 0 aliphatic carbocycles. The van der Waals surface area contributed by atoms with E-state index in [0.29, 0.717) is 23.3 Å².